The Morgan fingerprint density at radius 3 is 2.58 bits per heavy atom. The Kier molecular flexibility index (Phi) is 2.91. The fourth-order valence-electron chi connectivity index (χ4n) is 0.924. The van der Waals surface area contributed by atoms with Crippen LogP contribution in [0.1, 0.15) is 6.42 Å². The van der Waals surface area contributed by atoms with E-state index >= 15 is 0 Å². The van der Waals surface area contributed by atoms with Gasteiger partial charge in [0.2, 0.25) is 0 Å². The van der Waals surface area contributed by atoms with E-state index < -0.39 is 0 Å². The summed E-state index contributed by atoms with van der Waals surface area (Å²) in [7, 11) is 2.99. The number of hydrogen-bond acceptors (Lipinski definition) is 2. The predicted octanol–water partition coefficient (Wildman–Crippen LogP) is 2.30. The van der Waals surface area contributed by atoms with E-state index in [2.05, 4.69) is 0 Å². The largest absolute Gasteiger partial charge is 0.501 e. The normalized spacial score (nSPS) is 17.1. The molecule has 1 rings (SSSR count). The molecule has 0 N–H and O–H groups in total. The first-order valence-electron chi connectivity index (χ1n) is 3.62. The number of hydrogen-bond donors (Lipinski definition) is 0. The van der Waals surface area contributed by atoms with Crippen molar-refractivity contribution >= 4 is 0 Å². The molecule has 0 heterocycles. The lowest BCUT2D eigenvalue weighted by Gasteiger charge is -1.99. The van der Waals surface area contributed by atoms with Gasteiger partial charge in [-0.1, -0.05) is 0 Å². The van der Waals surface area contributed by atoms with Crippen LogP contribution >= 0.6 is 0 Å². The average molecular weight is 170 g/mol. The molecule has 0 aliphatic heterocycles. The molecular weight excluding hydrogens is 159 g/mol. The van der Waals surface area contributed by atoms with E-state index in [-0.39, 0.29) is 11.6 Å². The van der Waals surface area contributed by atoms with Gasteiger partial charge in [-0.15, -0.1) is 0 Å². The molecule has 0 atom stereocenters. The second-order valence-electron chi connectivity index (χ2n) is 2.33. The minimum atomic E-state index is -0.346. The van der Waals surface area contributed by atoms with E-state index in [0.29, 0.717) is 6.42 Å². The van der Waals surface area contributed by atoms with Crippen molar-refractivity contribution in [3.63, 3.8) is 0 Å². The van der Waals surface area contributed by atoms with Gasteiger partial charge in [0.1, 0.15) is 0 Å². The standard InChI is InChI=1S/C9H11FO2/c1-11-7-3-5-8(10)9(12-2)6-4-7/h4-6H,3H2,1-2H3. The van der Waals surface area contributed by atoms with Crippen molar-refractivity contribution in [2.24, 2.45) is 0 Å². The second-order valence-corrected chi connectivity index (χ2v) is 2.33. The number of ether oxygens (including phenoxy) is 2. The molecule has 0 saturated heterocycles. The van der Waals surface area contributed by atoms with Crippen molar-refractivity contribution in [2.45, 2.75) is 6.42 Å². The zero-order chi connectivity index (χ0) is 8.97. The van der Waals surface area contributed by atoms with Crippen molar-refractivity contribution in [1.29, 1.82) is 0 Å². The molecule has 0 bridgehead atoms. The lowest BCUT2D eigenvalue weighted by atomic mass is 10.3. The fraction of sp³-hybridized carbons (Fsp3) is 0.333. The number of allylic oxidation sites excluding steroid dienone is 4. The highest BCUT2D eigenvalue weighted by Crippen LogP contribution is 2.19. The van der Waals surface area contributed by atoms with Gasteiger partial charge >= 0.3 is 0 Å². The van der Waals surface area contributed by atoms with Crippen LogP contribution in [0.2, 0.25) is 0 Å². The van der Waals surface area contributed by atoms with Gasteiger partial charge in [0.05, 0.1) is 20.0 Å². The van der Waals surface area contributed by atoms with Crippen molar-refractivity contribution in [3.05, 3.63) is 35.6 Å². The molecule has 0 amide bonds. The third-order valence-corrected chi connectivity index (χ3v) is 1.62. The van der Waals surface area contributed by atoms with Gasteiger partial charge in [-0.2, -0.15) is 0 Å². The van der Waals surface area contributed by atoms with Crippen LogP contribution in [0, 0.1) is 0 Å². The van der Waals surface area contributed by atoms with Crippen LogP contribution in [0.15, 0.2) is 35.6 Å². The molecule has 1 aliphatic rings. The number of methoxy groups -OCH3 is 2. The minimum absolute atomic E-state index is 0.238. The maximum Gasteiger partial charge on any atom is 0.161 e. The molecule has 0 radical (unpaired) electrons. The lowest BCUT2D eigenvalue weighted by molar-refractivity contribution is 0.283. The summed E-state index contributed by atoms with van der Waals surface area (Å²) in [5, 5.41) is 0. The Morgan fingerprint density at radius 1 is 1.25 bits per heavy atom. The summed E-state index contributed by atoms with van der Waals surface area (Å²) in [5.74, 6) is 0.611. The van der Waals surface area contributed by atoms with Gasteiger partial charge in [0, 0.05) is 6.42 Å². The highest BCUT2D eigenvalue weighted by atomic mass is 19.1. The van der Waals surface area contributed by atoms with Gasteiger partial charge in [0.15, 0.2) is 11.6 Å². The Bertz CT molecular complexity index is 251. The van der Waals surface area contributed by atoms with Crippen LogP contribution < -0.4 is 0 Å². The summed E-state index contributed by atoms with van der Waals surface area (Å²) in [6, 6.07) is 0. The smallest absolute Gasteiger partial charge is 0.161 e. The van der Waals surface area contributed by atoms with Crippen LogP contribution in [0.25, 0.3) is 0 Å². The molecule has 0 spiro atoms. The molecule has 66 valence electrons. The third kappa shape index (κ3) is 1.87. The fourth-order valence-corrected chi connectivity index (χ4v) is 0.924. The van der Waals surface area contributed by atoms with E-state index in [4.69, 9.17) is 9.47 Å². The minimum Gasteiger partial charge on any atom is -0.501 e. The summed E-state index contributed by atoms with van der Waals surface area (Å²) in [5.41, 5.74) is 0. The van der Waals surface area contributed by atoms with E-state index in [1.54, 1.807) is 19.3 Å². The van der Waals surface area contributed by atoms with E-state index in [0.717, 1.165) is 5.76 Å². The Hall–Kier alpha value is -1.25. The zero-order valence-corrected chi connectivity index (χ0v) is 7.13. The number of rotatable bonds is 2. The first-order valence-corrected chi connectivity index (χ1v) is 3.62. The molecular formula is C9H11FO2. The van der Waals surface area contributed by atoms with Crippen LogP contribution in [0.5, 0.6) is 0 Å². The molecule has 12 heavy (non-hydrogen) atoms. The second kappa shape index (κ2) is 3.95. The molecule has 1 aliphatic carbocycles. The lowest BCUT2D eigenvalue weighted by Crippen LogP contribution is -1.85. The predicted molar refractivity (Wildman–Crippen MR) is 44.0 cm³/mol. The topological polar surface area (TPSA) is 18.5 Å². The quantitative estimate of drug-likeness (QED) is 0.633. The molecule has 0 fully saturated rings. The summed E-state index contributed by atoms with van der Waals surface area (Å²) < 4.78 is 22.8. The van der Waals surface area contributed by atoms with E-state index in [1.807, 2.05) is 0 Å². The summed E-state index contributed by atoms with van der Waals surface area (Å²) >= 11 is 0. The van der Waals surface area contributed by atoms with Gasteiger partial charge in [0.25, 0.3) is 0 Å². The zero-order valence-electron chi connectivity index (χ0n) is 7.13. The Morgan fingerprint density at radius 2 is 2.00 bits per heavy atom. The van der Waals surface area contributed by atoms with Crippen LogP contribution in [0.3, 0.4) is 0 Å². The van der Waals surface area contributed by atoms with Crippen molar-refractivity contribution in [3.8, 4) is 0 Å². The van der Waals surface area contributed by atoms with E-state index in [9.17, 15) is 4.39 Å². The first-order chi connectivity index (χ1) is 5.77. The molecule has 2 nitrogen and oxygen atoms in total. The molecule has 0 aromatic rings. The number of halogens is 1. The van der Waals surface area contributed by atoms with Crippen molar-refractivity contribution < 1.29 is 13.9 Å². The van der Waals surface area contributed by atoms with Gasteiger partial charge in [-0.05, 0) is 18.2 Å². The SMILES string of the molecule is COC1=CC=C(OC)C(F)=CC1. The van der Waals surface area contributed by atoms with E-state index in [1.165, 1.54) is 13.2 Å². The monoisotopic (exact) mass is 170 g/mol. The summed E-state index contributed by atoms with van der Waals surface area (Å²) in [4.78, 5) is 0. The Labute approximate surface area is 71.0 Å². The van der Waals surface area contributed by atoms with Gasteiger partial charge < -0.3 is 9.47 Å². The molecule has 0 unspecified atom stereocenters. The van der Waals surface area contributed by atoms with Crippen LogP contribution in [-0.2, 0) is 9.47 Å². The highest BCUT2D eigenvalue weighted by molar-refractivity contribution is 5.29. The maximum absolute atomic E-state index is 13.0. The molecule has 0 saturated carbocycles. The van der Waals surface area contributed by atoms with Crippen molar-refractivity contribution in [1.82, 2.24) is 0 Å². The third-order valence-electron chi connectivity index (χ3n) is 1.62. The average Bonchev–Trinajstić information content (AvgIpc) is 2.27. The molecule has 3 heteroatoms. The van der Waals surface area contributed by atoms with Crippen LogP contribution in [0.4, 0.5) is 4.39 Å². The van der Waals surface area contributed by atoms with Gasteiger partial charge in [-0.3, -0.25) is 0 Å². The molecule has 0 aromatic carbocycles. The molecule has 0 aromatic heterocycles. The highest BCUT2D eigenvalue weighted by Gasteiger charge is 2.07. The first kappa shape index (κ1) is 8.84. The van der Waals surface area contributed by atoms with Gasteiger partial charge in [-0.25, -0.2) is 4.39 Å². The summed E-state index contributed by atoms with van der Waals surface area (Å²) in [6.07, 6.45) is 5.14. The Balaban J connectivity index is 2.85. The maximum atomic E-state index is 13.0. The van der Waals surface area contributed by atoms with Crippen molar-refractivity contribution in [2.75, 3.05) is 14.2 Å². The van der Waals surface area contributed by atoms with Crippen LogP contribution in [-0.4, -0.2) is 14.2 Å². The summed E-state index contributed by atoms with van der Waals surface area (Å²) in [6.45, 7) is 0.